The second-order valence-electron chi connectivity index (χ2n) is 6.22. The third-order valence-corrected chi connectivity index (χ3v) is 5.51. The highest BCUT2D eigenvalue weighted by Crippen LogP contribution is 2.22. The first-order valence-corrected chi connectivity index (χ1v) is 9.43. The average molecular weight is 381 g/mol. The number of pyridine rings is 1. The van der Waals surface area contributed by atoms with Crippen LogP contribution in [-0.2, 0) is 22.4 Å². The van der Waals surface area contributed by atoms with E-state index in [4.69, 9.17) is 10.00 Å². The van der Waals surface area contributed by atoms with Crippen LogP contribution in [0.5, 0.6) is 0 Å². The molecule has 0 amide bonds. The zero-order valence-electron chi connectivity index (χ0n) is 15.2. The molecule has 0 fully saturated rings. The first-order valence-electron chi connectivity index (χ1n) is 8.62. The minimum Gasteiger partial charge on any atom is -0.465 e. The molecule has 6 nitrogen and oxygen atoms in total. The Morgan fingerprint density at radius 3 is 2.81 bits per heavy atom. The number of nitriles is 1. The SMILES string of the molecule is Cc1[nH]c(=O)c(C#N)c(C)c1CCC(=O)OCCc1nc2ccccc2s1. The molecule has 27 heavy (non-hydrogen) atoms. The first-order chi connectivity index (χ1) is 13.0. The van der Waals surface area contributed by atoms with Crippen LogP contribution in [0.2, 0.25) is 0 Å². The van der Waals surface area contributed by atoms with Crippen molar-refractivity contribution < 1.29 is 9.53 Å². The lowest BCUT2D eigenvalue weighted by Crippen LogP contribution is -2.17. The number of rotatable bonds is 6. The van der Waals surface area contributed by atoms with Gasteiger partial charge in [0, 0.05) is 18.5 Å². The quantitative estimate of drug-likeness (QED) is 0.662. The van der Waals surface area contributed by atoms with E-state index in [1.54, 1.807) is 25.2 Å². The summed E-state index contributed by atoms with van der Waals surface area (Å²) in [6.07, 6.45) is 1.20. The number of carbonyl (C=O) groups is 1. The molecule has 3 aromatic rings. The molecule has 1 N–H and O–H groups in total. The summed E-state index contributed by atoms with van der Waals surface area (Å²) in [7, 11) is 0. The van der Waals surface area contributed by atoms with Crippen molar-refractivity contribution in [2.24, 2.45) is 0 Å². The van der Waals surface area contributed by atoms with Gasteiger partial charge in [0.15, 0.2) is 0 Å². The van der Waals surface area contributed by atoms with Gasteiger partial charge in [0.25, 0.3) is 5.56 Å². The number of benzene rings is 1. The van der Waals surface area contributed by atoms with E-state index in [2.05, 4.69) is 9.97 Å². The van der Waals surface area contributed by atoms with Crippen molar-refractivity contribution in [2.75, 3.05) is 6.61 Å². The van der Waals surface area contributed by atoms with E-state index in [9.17, 15) is 9.59 Å². The summed E-state index contributed by atoms with van der Waals surface area (Å²) in [5.74, 6) is -0.306. The van der Waals surface area contributed by atoms with Gasteiger partial charge in [-0.3, -0.25) is 9.59 Å². The van der Waals surface area contributed by atoms with Crippen LogP contribution in [0.1, 0.15) is 33.8 Å². The predicted molar refractivity (Wildman–Crippen MR) is 104 cm³/mol. The van der Waals surface area contributed by atoms with Crippen molar-refractivity contribution in [1.82, 2.24) is 9.97 Å². The molecular weight excluding hydrogens is 362 g/mol. The molecular formula is C20H19N3O3S. The van der Waals surface area contributed by atoms with Gasteiger partial charge in [-0.25, -0.2) is 4.98 Å². The molecule has 1 aromatic carbocycles. The summed E-state index contributed by atoms with van der Waals surface area (Å²) >= 11 is 1.60. The average Bonchev–Trinajstić information content (AvgIpc) is 3.04. The number of nitrogens with zero attached hydrogens (tertiary/aromatic N) is 2. The second kappa shape index (κ2) is 8.14. The molecule has 3 rings (SSSR count). The van der Waals surface area contributed by atoms with Crippen molar-refractivity contribution in [1.29, 1.82) is 5.26 Å². The number of thiazole rings is 1. The molecule has 0 saturated heterocycles. The summed E-state index contributed by atoms with van der Waals surface area (Å²) < 4.78 is 6.44. The number of para-hydroxylation sites is 1. The molecule has 138 valence electrons. The fourth-order valence-corrected chi connectivity index (χ4v) is 3.95. The minimum absolute atomic E-state index is 0.0970. The van der Waals surface area contributed by atoms with Crippen LogP contribution in [0, 0.1) is 25.2 Å². The molecule has 0 spiro atoms. The van der Waals surface area contributed by atoms with E-state index in [1.807, 2.05) is 30.3 Å². The number of aromatic nitrogens is 2. The van der Waals surface area contributed by atoms with Gasteiger partial charge >= 0.3 is 5.97 Å². The number of esters is 1. The monoisotopic (exact) mass is 381 g/mol. The highest BCUT2D eigenvalue weighted by atomic mass is 32.1. The first kappa shape index (κ1) is 18.8. The molecule has 0 saturated carbocycles. The Bertz CT molecular complexity index is 1060. The third kappa shape index (κ3) is 4.23. The Hall–Kier alpha value is -2.98. The Kier molecular flexibility index (Phi) is 5.67. The van der Waals surface area contributed by atoms with Crippen LogP contribution in [0.15, 0.2) is 29.1 Å². The van der Waals surface area contributed by atoms with Crippen molar-refractivity contribution in [2.45, 2.75) is 33.1 Å². The highest BCUT2D eigenvalue weighted by molar-refractivity contribution is 7.18. The summed E-state index contributed by atoms with van der Waals surface area (Å²) in [6, 6.07) is 9.82. The van der Waals surface area contributed by atoms with E-state index in [0.717, 1.165) is 20.8 Å². The van der Waals surface area contributed by atoms with E-state index >= 15 is 0 Å². The van der Waals surface area contributed by atoms with Crippen molar-refractivity contribution in [3.63, 3.8) is 0 Å². The zero-order chi connectivity index (χ0) is 19.4. The number of fused-ring (bicyclic) bond motifs is 1. The lowest BCUT2D eigenvalue weighted by molar-refractivity contribution is -0.143. The number of nitrogens with one attached hydrogen (secondary N) is 1. The Morgan fingerprint density at radius 2 is 2.07 bits per heavy atom. The minimum atomic E-state index is -0.394. The van der Waals surface area contributed by atoms with Gasteiger partial charge in [-0.2, -0.15) is 5.26 Å². The summed E-state index contributed by atoms with van der Waals surface area (Å²) in [4.78, 5) is 31.0. The normalized spacial score (nSPS) is 10.7. The van der Waals surface area contributed by atoms with Gasteiger partial charge in [-0.1, -0.05) is 12.1 Å². The highest BCUT2D eigenvalue weighted by Gasteiger charge is 2.14. The number of carbonyl (C=O) groups excluding carboxylic acids is 1. The molecule has 0 aliphatic heterocycles. The van der Waals surface area contributed by atoms with E-state index in [-0.39, 0.29) is 24.6 Å². The van der Waals surface area contributed by atoms with Gasteiger partial charge in [-0.15, -0.1) is 11.3 Å². The van der Waals surface area contributed by atoms with Crippen LogP contribution in [-0.4, -0.2) is 22.5 Å². The molecule has 0 unspecified atom stereocenters. The molecule has 0 aliphatic rings. The largest absolute Gasteiger partial charge is 0.465 e. The van der Waals surface area contributed by atoms with Gasteiger partial charge in [-0.05, 0) is 43.5 Å². The Morgan fingerprint density at radius 1 is 1.30 bits per heavy atom. The van der Waals surface area contributed by atoms with Crippen LogP contribution < -0.4 is 5.56 Å². The maximum Gasteiger partial charge on any atom is 0.306 e. The van der Waals surface area contributed by atoms with E-state index < -0.39 is 5.56 Å². The Balaban J connectivity index is 1.54. The number of hydrogen-bond donors (Lipinski definition) is 1. The van der Waals surface area contributed by atoms with Crippen molar-refractivity contribution >= 4 is 27.5 Å². The molecule has 2 aromatic heterocycles. The van der Waals surface area contributed by atoms with Crippen LogP contribution in [0.3, 0.4) is 0 Å². The molecule has 2 heterocycles. The maximum atomic E-state index is 12.0. The number of hydrogen-bond acceptors (Lipinski definition) is 6. The number of aromatic amines is 1. The van der Waals surface area contributed by atoms with Crippen molar-refractivity contribution in [3.05, 3.63) is 62.0 Å². The molecule has 7 heteroatoms. The summed E-state index contributed by atoms with van der Waals surface area (Å²) in [5.41, 5.74) is 2.78. The molecule has 0 atom stereocenters. The summed E-state index contributed by atoms with van der Waals surface area (Å²) in [5, 5.41) is 10.0. The predicted octanol–water partition coefficient (Wildman–Crippen LogP) is 3.19. The van der Waals surface area contributed by atoms with Crippen LogP contribution in [0.25, 0.3) is 10.2 Å². The van der Waals surface area contributed by atoms with Crippen LogP contribution in [0.4, 0.5) is 0 Å². The molecule has 0 bridgehead atoms. The topological polar surface area (TPSA) is 95.8 Å². The van der Waals surface area contributed by atoms with E-state index in [1.165, 1.54) is 0 Å². The maximum absolute atomic E-state index is 12.0. The Labute approximate surface area is 160 Å². The molecule has 0 aliphatic carbocycles. The lowest BCUT2D eigenvalue weighted by Gasteiger charge is -2.10. The fraction of sp³-hybridized carbons (Fsp3) is 0.300. The van der Waals surface area contributed by atoms with E-state index in [0.29, 0.717) is 24.1 Å². The molecule has 0 radical (unpaired) electrons. The number of ether oxygens (including phenoxy) is 1. The second-order valence-corrected chi connectivity index (χ2v) is 7.33. The number of aryl methyl sites for hydroxylation is 1. The standard InChI is InChI=1S/C20H19N3O3S/c1-12-14(13(2)22-20(25)15(12)11-21)7-8-19(24)26-10-9-18-23-16-5-3-4-6-17(16)27-18/h3-6H,7-10H2,1-2H3,(H,22,25). The lowest BCUT2D eigenvalue weighted by atomic mass is 9.99. The van der Waals surface area contributed by atoms with Crippen molar-refractivity contribution in [3.8, 4) is 6.07 Å². The van der Waals surface area contributed by atoms with Gasteiger partial charge in [0.2, 0.25) is 0 Å². The zero-order valence-corrected chi connectivity index (χ0v) is 16.0. The van der Waals surface area contributed by atoms with Gasteiger partial charge < -0.3 is 9.72 Å². The van der Waals surface area contributed by atoms with Crippen LogP contribution >= 0.6 is 11.3 Å². The van der Waals surface area contributed by atoms with Gasteiger partial charge in [0.1, 0.15) is 11.6 Å². The van der Waals surface area contributed by atoms with Gasteiger partial charge in [0.05, 0.1) is 21.8 Å². The smallest absolute Gasteiger partial charge is 0.306 e. The summed E-state index contributed by atoms with van der Waals surface area (Å²) in [6.45, 7) is 3.78. The number of H-pyrrole nitrogens is 1. The third-order valence-electron chi connectivity index (χ3n) is 4.42. The fourth-order valence-electron chi connectivity index (χ4n) is 3.00.